The van der Waals surface area contributed by atoms with Crippen molar-refractivity contribution in [2.75, 3.05) is 16.8 Å². The Labute approximate surface area is 151 Å². The van der Waals surface area contributed by atoms with Crippen LogP contribution >= 0.6 is 22.9 Å². The number of carbonyl (C=O) groups excluding carboxylic acids is 1. The molecule has 2 heterocycles. The van der Waals surface area contributed by atoms with Gasteiger partial charge in [0, 0.05) is 28.0 Å². The number of carbonyl (C=O) groups is 1. The van der Waals surface area contributed by atoms with Crippen LogP contribution in [0.4, 0.5) is 10.8 Å². The number of halogens is 1. The fraction of sp³-hybridized carbons (Fsp3) is 0.444. The maximum atomic E-state index is 12.7. The molecule has 1 aromatic carbocycles. The van der Waals surface area contributed by atoms with Crippen molar-refractivity contribution in [2.24, 2.45) is 0 Å². The zero-order valence-corrected chi connectivity index (χ0v) is 15.7. The lowest BCUT2D eigenvalue weighted by Crippen LogP contribution is -2.39. The van der Waals surface area contributed by atoms with Gasteiger partial charge in [-0.2, -0.15) is 0 Å². The molecule has 1 aliphatic rings. The second-order valence-electron chi connectivity index (χ2n) is 7.10. The zero-order valence-electron chi connectivity index (χ0n) is 14.2. The lowest BCUT2D eigenvalue weighted by Gasteiger charge is -2.25. The molecule has 1 fully saturated rings. The fourth-order valence-corrected chi connectivity index (χ4v) is 3.91. The predicted octanol–water partition coefficient (Wildman–Crippen LogP) is 4.70. The van der Waals surface area contributed by atoms with E-state index >= 15 is 0 Å². The van der Waals surface area contributed by atoms with E-state index < -0.39 is 0 Å². The van der Waals surface area contributed by atoms with Crippen molar-refractivity contribution in [1.82, 2.24) is 4.98 Å². The van der Waals surface area contributed by atoms with Crippen LogP contribution in [-0.4, -0.2) is 23.5 Å². The summed E-state index contributed by atoms with van der Waals surface area (Å²) in [7, 11) is 0. The van der Waals surface area contributed by atoms with Gasteiger partial charge in [0.1, 0.15) is 6.04 Å². The molecule has 24 heavy (non-hydrogen) atoms. The lowest BCUT2D eigenvalue weighted by atomic mass is 9.93. The van der Waals surface area contributed by atoms with Crippen LogP contribution in [0, 0.1) is 0 Å². The van der Waals surface area contributed by atoms with E-state index in [1.54, 1.807) is 0 Å². The Morgan fingerprint density at radius 3 is 2.67 bits per heavy atom. The van der Waals surface area contributed by atoms with E-state index in [1.165, 1.54) is 11.3 Å². The molecule has 2 aromatic rings. The van der Waals surface area contributed by atoms with E-state index in [2.05, 4.69) is 36.0 Å². The third-order valence-electron chi connectivity index (χ3n) is 4.22. The van der Waals surface area contributed by atoms with Crippen LogP contribution in [0.2, 0.25) is 5.02 Å². The van der Waals surface area contributed by atoms with Gasteiger partial charge in [0.05, 0.1) is 5.69 Å². The molecule has 1 atom stereocenters. The van der Waals surface area contributed by atoms with Gasteiger partial charge in [0.25, 0.3) is 0 Å². The van der Waals surface area contributed by atoms with Gasteiger partial charge in [-0.3, -0.25) is 4.79 Å². The number of benzene rings is 1. The molecule has 1 amide bonds. The summed E-state index contributed by atoms with van der Waals surface area (Å²) in [5.74, 6) is 0.0114. The third-order valence-corrected chi connectivity index (χ3v) is 5.23. The number of anilines is 2. The van der Waals surface area contributed by atoms with Gasteiger partial charge in [-0.1, -0.05) is 32.4 Å². The van der Waals surface area contributed by atoms with Crippen molar-refractivity contribution >= 4 is 39.7 Å². The van der Waals surface area contributed by atoms with E-state index in [9.17, 15) is 4.79 Å². The van der Waals surface area contributed by atoms with Gasteiger partial charge in [-0.15, -0.1) is 11.3 Å². The first-order chi connectivity index (χ1) is 11.3. The molecule has 0 bridgehead atoms. The third kappa shape index (κ3) is 3.73. The van der Waals surface area contributed by atoms with Crippen LogP contribution in [0.5, 0.6) is 0 Å². The molecule has 0 saturated carbocycles. The van der Waals surface area contributed by atoms with Crippen LogP contribution in [0.15, 0.2) is 29.6 Å². The summed E-state index contributed by atoms with van der Waals surface area (Å²) in [5.41, 5.74) is 2.03. The summed E-state index contributed by atoms with van der Waals surface area (Å²) >= 11 is 7.44. The quantitative estimate of drug-likeness (QED) is 0.859. The van der Waals surface area contributed by atoms with Gasteiger partial charge in [0.2, 0.25) is 5.91 Å². The van der Waals surface area contributed by atoms with Crippen molar-refractivity contribution in [2.45, 2.75) is 45.1 Å². The molecule has 4 nitrogen and oxygen atoms in total. The highest BCUT2D eigenvalue weighted by atomic mass is 35.5. The fourth-order valence-electron chi connectivity index (χ4n) is 2.85. The highest BCUT2D eigenvalue weighted by Gasteiger charge is 2.31. The van der Waals surface area contributed by atoms with Gasteiger partial charge in [-0.05, 0) is 37.1 Å². The van der Waals surface area contributed by atoms with E-state index in [0.717, 1.165) is 30.8 Å². The summed E-state index contributed by atoms with van der Waals surface area (Å²) in [4.78, 5) is 19.4. The average molecular weight is 364 g/mol. The molecule has 0 aliphatic carbocycles. The number of rotatable bonds is 3. The zero-order chi connectivity index (χ0) is 17.3. The topological polar surface area (TPSA) is 45.2 Å². The highest BCUT2D eigenvalue weighted by molar-refractivity contribution is 7.14. The van der Waals surface area contributed by atoms with E-state index in [4.69, 9.17) is 11.6 Å². The van der Waals surface area contributed by atoms with Gasteiger partial charge < -0.3 is 10.2 Å². The standard InChI is InChI=1S/C18H22ClN3OS/c1-18(2,3)15-11-24-17(20-15)21-16(23)14-5-4-10-22(14)13-8-6-12(19)7-9-13/h6-9,11,14H,4-5,10H2,1-3H3,(H,20,21,23). The summed E-state index contributed by atoms with van der Waals surface area (Å²) in [6.45, 7) is 7.23. The number of nitrogens with zero attached hydrogens (tertiary/aromatic N) is 2. The predicted molar refractivity (Wildman–Crippen MR) is 101 cm³/mol. The molecular formula is C18H22ClN3OS. The minimum Gasteiger partial charge on any atom is -0.360 e. The maximum Gasteiger partial charge on any atom is 0.248 e. The first kappa shape index (κ1) is 17.2. The highest BCUT2D eigenvalue weighted by Crippen LogP contribution is 2.29. The number of thiazole rings is 1. The molecule has 0 radical (unpaired) electrons. The number of hydrogen-bond donors (Lipinski definition) is 1. The van der Waals surface area contributed by atoms with Crippen LogP contribution < -0.4 is 10.2 Å². The summed E-state index contributed by atoms with van der Waals surface area (Å²) in [6.07, 6.45) is 1.86. The first-order valence-electron chi connectivity index (χ1n) is 8.14. The van der Waals surface area contributed by atoms with E-state index in [-0.39, 0.29) is 17.4 Å². The normalized spacial score (nSPS) is 18.0. The number of aromatic nitrogens is 1. The molecule has 6 heteroatoms. The van der Waals surface area contributed by atoms with Crippen molar-refractivity contribution in [3.05, 3.63) is 40.4 Å². The minimum absolute atomic E-state index is 0.0114. The molecule has 1 aromatic heterocycles. The Morgan fingerprint density at radius 1 is 1.33 bits per heavy atom. The van der Waals surface area contributed by atoms with Crippen LogP contribution in [0.1, 0.15) is 39.3 Å². The molecule has 128 valence electrons. The molecule has 1 saturated heterocycles. The molecule has 1 N–H and O–H groups in total. The Bertz CT molecular complexity index is 721. The first-order valence-corrected chi connectivity index (χ1v) is 9.39. The van der Waals surface area contributed by atoms with Crippen LogP contribution in [0.25, 0.3) is 0 Å². The lowest BCUT2D eigenvalue weighted by molar-refractivity contribution is -0.117. The molecule has 3 rings (SSSR count). The van der Waals surface area contributed by atoms with Crippen molar-refractivity contribution in [3.8, 4) is 0 Å². The minimum atomic E-state index is -0.159. The molecule has 0 spiro atoms. The Kier molecular flexibility index (Phi) is 4.83. The van der Waals surface area contributed by atoms with Gasteiger partial charge in [-0.25, -0.2) is 4.98 Å². The second-order valence-corrected chi connectivity index (χ2v) is 8.40. The SMILES string of the molecule is CC(C)(C)c1csc(NC(=O)C2CCCN2c2ccc(Cl)cc2)n1. The maximum absolute atomic E-state index is 12.7. The second kappa shape index (κ2) is 6.73. The van der Waals surface area contributed by atoms with Gasteiger partial charge >= 0.3 is 0 Å². The van der Waals surface area contributed by atoms with E-state index in [1.807, 2.05) is 29.6 Å². The number of nitrogens with one attached hydrogen (secondary N) is 1. The van der Waals surface area contributed by atoms with Gasteiger partial charge in [0.15, 0.2) is 5.13 Å². The summed E-state index contributed by atoms with van der Waals surface area (Å²) in [6, 6.07) is 7.50. The smallest absolute Gasteiger partial charge is 0.248 e. The van der Waals surface area contributed by atoms with Crippen molar-refractivity contribution in [3.63, 3.8) is 0 Å². The monoisotopic (exact) mass is 363 g/mol. The average Bonchev–Trinajstić information content (AvgIpc) is 3.16. The van der Waals surface area contributed by atoms with Crippen LogP contribution in [0.3, 0.4) is 0 Å². The van der Waals surface area contributed by atoms with Crippen molar-refractivity contribution in [1.29, 1.82) is 0 Å². The number of amides is 1. The van der Waals surface area contributed by atoms with Crippen molar-refractivity contribution < 1.29 is 4.79 Å². The largest absolute Gasteiger partial charge is 0.360 e. The Hall–Kier alpha value is -1.59. The Balaban J connectivity index is 1.72. The summed E-state index contributed by atoms with van der Waals surface area (Å²) < 4.78 is 0. The molecular weight excluding hydrogens is 342 g/mol. The summed E-state index contributed by atoms with van der Waals surface area (Å²) in [5, 5.41) is 6.38. The van der Waals surface area contributed by atoms with Crippen LogP contribution in [-0.2, 0) is 10.2 Å². The number of hydrogen-bond acceptors (Lipinski definition) is 4. The Morgan fingerprint density at radius 2 is 2.04 bits per heavy atom. The molecule has 1 unspecified atom stereocenters. The van der Waals surface area contributed by atoms with E-state index in [0.29, 0.717) is 10.2 Å². The molecule has 1 aliphatic heterocycles.